The van der Waals surface area contributed by atoms with E-state index in [9.17, 15) is 13.6 Å². The molecule has 76 valence electrons. The average Bonchev–Trinajstić information content (AvgIpc) is 2.19. The van der Waals surface area contributed by atoms with Gasteiger partial charge >= 0.3 is 0 Å². The van der Waals surface area contributed by atoms with Crippen molar-refractivity contribution < 1.29 is 18.3 Å². The summed E-state index contributed by atoms with van der Waals surface area (Å²) < 4.78 is 30.7. The summed E-state index contributed by atoms with van der Waals surface area (Å²) in [4.78, 5) is 11.1. The first-order chi connectivity index (χ1) is 6.60. The largest absolute Gasteiger partial charge is 0.494 e. The molecule has 1 aromatic carbocycles. The molecular formula is C9H9F2NO2. The average molecular weight is 201 g/mol. The minimum atomic E-state index is -0.885. The standard InChI is InChI=1S/C9H9F2NO2/c1-14-8-3-5(10)2-6(9(8)11)7(13)4-12/h2-3H,4,12H2,1H3. The number of carbonyl (C=O) groups is 1. The maximum absolute atomic E-state index is 13.3. The third-order valence-electron chi connectivity index (χ3n) is 1.71. The van der Waals surface area contributed by atoms with Crippen LogP contribution in [0.5, 0.6) is 5.75 Å². The highest BCUT2D eigenvalue weighted by Gasteiger charge is 2.16. The summed E-state index contributed by atoms with van der Waals surface area (Å²) in [5.74, 6) is -2.59. The van der Waals surface area contributed by atoms with Crippen molar-refractivity contribution in [2.45, 2.75) is 0 Å². The van der Waals surface area contributed by atoms with E-state index in [1.165, 1.54) is 7.11 Å². The first-order valence-electron chi connectivity index (χ1n) is 3.86. The van der Waals surface area contributed by atoms with Crippen molar-refractivity contribution in [2.75, 3.05) is 13.7 Å². The van der Waals surface area contributed by atoms with Gasteiger partial charge in [-0.25, -0.2) is 8.78 Å². The fourth-order valence-corrected chi connectivity index (χ4v) is 1.03. The summed E-state index contributed by atoms with van der Waals surface area (Å²) in [7, 11) is 1.19. The van der Waals surface area contributed by atoms with Gasteiger partial charge in [-0.2, -0.15) is 0 Å². The lowest BCUT2D eigenvalue weighted by Gasteiger charge is -2.05. The van der Waals surface area contributed by atoms with E-state index < -0.39 is 17.4 Å². The highest BCUT2D eigenvalue weighted by atomic mass is 19.1. The molecule has 0 spiro atoms. The van der Waals surface area contributed by atoms with Gasteiger partial charge in [0.1, 0.15) is 5.82 Å². The Morgan fingerprint density at radius 3 is 2.64 bits per heavy atom. The summed E-state index contributed by atoms with van der Waals surface area (Å²) in [6.45, 7) is -0.372. The summed E-state index contributed by atoms with van der Waals surface area (Å²) in [6, 6.07) is 1.66. The van der Waals surface area contributed by atoms with Crippen LogP contribution in [0.25, 0.3) is 0 Å². The Morgan fingerprint density at radius 1 is 1.50 bits per heavy atom. The Labute approximate surface area is 79.5 Å². The molecule has 0 heterocycles. The highest BCUT2D eigenvalue weighted by molar-refractivity contribution is 5.98. The van der Waals surface area contributed by atoms with Crippen LogP contribution in [0.15, 0.2) is 12.1 Å². The van der Waals surface area contributed by atoms with Crippen molar-refractivity contribution in [1.82, 2.24) is 0 Å². The van der Waals surface area contributed by atoms with Crippen molar-refractivity contribution in [1.29, 1.82) is 0 Å². The first kappa shape index (κ1) is 10.6. The lowest BCUT2D eigenvalue weighted by Crippen LogP contribution is -2.15. The highest BCUT2D eigenvalue weighted by Crippen LogP contribution is 2.22. The lowest BCUT2D eigenvalue weighted by atomic mass is 10.1. The van der Waals surface area contributed by atoms with E-state index >= 15 is 0 Å². The molecule has 0 radical (unpaired) electrons. The van der Waals surface area contributed by atoms with Gasteiger partial charge in [-0.15, -0.1) is 0 Å². The molecule has 0 fully saturated rings. The van der Waals surface area contributed by atoms with E-state index in [1.807, 2.05) is 0 Å². The summed E-state index contributed by atoms with van der Waals surface area (Å²) in [5.41, 5.74) is 4.65. The van der Waals surface area contributed by atoms with E-state index in [-0.39, 0.29) is 17.9 Å². The van der Waals surface area contributed by atoms with Crippen LogP contribution in [0.3, 0.4) is 0 Å². The minimum Gasteiger partial charge on any atom is -0.494 e. The molecule has 0 bridgehead atoms. The summed E-state index contributed by atoms with van der Waals surface area (Å²) in [6.07, 6.45) is 0. The van der Waals surface area contributed by atoms with Crippen LogP contribution in [0.4, 0.5) is 8.78 Å². The van der Waals surface area contributed by atoms with Crippen LogP contribution in [0.1, 0.15) is 10.4 Å². The predicted molar refractivity (Wildman–Crippen MR) is 46.3 cm³/mol. The van der Waals surface area contributed by atoms with Gasteiger partial charge in [0.15, 0.2) is 17.3 Å². The molecule has 0 aliphatic heterocycles. The van der Waals surface area contributed by atoms with Crippen molar-refractivity contribution in [3.8, 4) is 5.75 Å². The van der Waals surface area contributed by atoms with Crippen LogP contribution >= 0.6 is 0 Å². The van der Waals surface area contributed by atoms with Gasteiger partial charge in [0.25, 0.3) is 0 Å². The molecule has 0 atom stereocenters. The molecule has 0 unspecified atom stereocenters. The third-order valence-corrected chi connectivity index (χ3v) is 1.71. The van der Waals surface area contributed by atoms with E-state index in [0.29, 0.717) is 0 Å². The molecule has 0 amide bonds. The molecule has 0 aliphatic rings. The number of ether oxygens (including phenoxy) is 1. The van der Waals surface area contributed by atoms with Gasteiger partial charge in [0.05, 0.1) is 19.2 Å². The van der Waals surface area contributed by atoms with E-state index in [2.05, 4.69) is 4.74 Å². The Kier molecular flexibility index (Phi) is 3.14. The monoisotopic (exact) mass is 201 g/mol. The van der Waals surface area contributed by atoms with Gasteiger partial charge in [0.2, 0.25) is 0 Å². The van der Waals surface area contributed by atoms with Gasteiger partial charge in [-0.3, -0.25) is 4.79 Å². The zero-order valence-corrected chi connectivity index (χ0v) is 7.51. The molecule has 1 rings (SSSR count). The second kappa shape index (κ2) is 4.15. The van der Waals surface area contributed by atoms with E-state index in [1.54, 1.807) is 0 Å². The van der Waals surface area contributed by atoms with Gasteiger partial charge in [-0.1, -0.05) is 0 Å². The van der Waals surface area contributed by atoms with Crippen LogP contribution < -0.4 is 10.5 Å². The smallest absolute Gasteiger partial charge is 0.179 e. The topological polar surface area (TPSA) is 52.3 Å². The molecule has 2 N–H and O–H groups in total. The number of halogens is 2. The molecule has 0 aliphatic carbocycles. The summed E-state index contributed by atoms with van der Waals surface area (Å²) in [5, 5.41) is 0. The van der Waals surface area contributed by atoms with Crippen molar-refractivity contribution >= 4 is 5.78 Å². The number of benzene rings is 1. The fraction of sp³-hybridized carbons (Fsp3) is 0.222. The molecular weight excluding hydrogens is 192 g/mol. The van der Waals surface area contributed by atoms with Crippen LogP contribution in [0.2, 0.25) is 0 Å². The Balaban J connectivity index is 3.29. The molecule has 5 heteroatoms. The van der Waals surface area contributed by atoms with E-state index in [4.69, 9.17) is 5.73 Å². The van der Waals surface area contributed by atoms with Crippen LogP contribution in [0, 0.1) is 11.6 Å². The fourth-order valence-electron chi connectivity index (χ4n) is 1.03. The number of ketones is 1. The molecule has 0 aromatic heterocycles. The maximum atomic E-state index is 13.3. The maximum Gasteiger partial charge on any atom is 0.179 e. The Bertz CT molecular complexity index is 366. The van der Waals surface area contributed by atoms with Crippen molar-refractivity contribution in [3.63, 3.8) is 0 Å². The molecule has 0 saturated carbocycles. The molecule has 14 heavy (non-hydrogen) atoms. The van der Waals surface area contributed by atoms with Gasteiger partial charge < -0.3 is 10.5 Å². The molecule has 0 saturated heterocycles. The predicted octanol–water partition coefficient (Wildman–Crippen LogP) is 1.11. The second-order valence-corrected chi connectivity index (χ2v) is 2.60. The second-order valence-electron chi connectivity index (χ2n) is 2.60. The van der Waals surface area contributed by atoms with Crippen LogP contribution in [-0.4, -0.2) is 19.4 Å². The lowest BCUT2D eigenvalue weighted by molar-refractivity contribution is 0.0996. The number of rotatable bonds is 3. The Hall–Kier alpha value is -1.49. The molecule has 1 aromatic rings. The zero-order chi connectivity index (χ0) is 10.7. The number of hydrogen-bond acceptors (Lipinski definition) is 3. The van der Waals surface area contributed by atoms with Gasteiger partial charge in [0, 0.05) is 6.07 Å². The Morgan fingerprint density at radius 2 is 2.14 bits per heavy atom. The number of carbonyl (C=O) groups excluding carboxylic acids is 1. The van der Waals surface area contributed by atoms with Crippen LogP contribution in [-0.2, 0) is 0 Å². The first-order valence-corrected chi connectivity index (χ1v) is 3.86. The third kappa shape index (κ3) is 1.88. The minimum absolute atomic E-state index is 0.304. The van der Waals surface area contributed by atoms with Crippen molar-refractivity contribution in [3.05, 3.63) is 29.3 Å². The van der Waals surface area contributed by atoms with E-state index in [0.717, 1.165) is 12.1 Å². The van der Waals surface area contributed by atoms with Crippen molar-refractivity contribution in [2.24, 2.45) is 5.73 Å². The number of nitrogens with two attached hydrogens (primary N) is 1. The summed E-state index contributed by atoms with van der Waals surface area (Å²) >= 11 is 0. The number of Topliss-reactive ketones (excluding diaryl/α,β-unsaturated/α-hetero) is 1. The quantitative estimate of drug-likeness (QED) is 0.745. The SMILES string of the molecule is COc1cc(F)cc(C(=O)CN)c1F. The van der Waals surface area contributed by atoms with Gasteiger partial charge in [-0.05, 0) is 6.07 Å². The number of hydrogen-bond donors (Lipinski definition) is 1. The zero-order valence-electron chi connectivity index (χ0n) is 7.51. The number of methoxy groups -OCH3 is 1. The molecule has 3 nitrogen and oxygen atoms in total. The normalized spacial score (nSPS) is 10.0.